The van der Waals surface area contributed by atoms with Crippen LogP contribution in [0.25, 0.3) is 10.8 Å². The van der Waals surface area contributed by atoms with Crippen molar-refractivity contribution in [2.24, 2.45) is 0 Å². The highest BCUT2D eigenvalue weighted by Crippen LogP contribution is 2.28. The lowest BCUT2D eigenvalue weighted by molar-refractivity contribution is 0.111. The van der Waals surface area contributed by atoms with E-state index >= 15 is 0 Å². The van der Waals surface area contributed by atoms with Gasteiger partial charge in [-0.05, 0) is 42.7 Å². The van der Waals surface area contributed by atoms with Crippen molar-refractivity contribution < 1.29 is 9.84 Å². The van der Waals surface area contributed by atoms with Crippen molar-refractivity contribution in [3.05, 3.63) is 42.0 Å². The maximum atomic E-state index is 9.76. The Morgan fingerprint density at radius 1 is 1.14 bits per heavy atom. The van der Waals surface area contributed by atoms with Gasteiger partial charge in [0.25, 0.3) is 0 Å². The fourth-order valence-corrected chi connectivity index (χ4v) is 3.27. The third kappa shape index (κ3) is 3.20. The number of rotatable bonds is 4. The number of hydrogen-bond acceptors (Lipinski definition) is 3. The molecule has 2 aromatic carbocycles. The lowest BCUT2D eigenvalue weighted by atomic mass is 9.92. The Kier molecular flexibility index (Phi) is 4.42. The molecule has 0 aliphatic heterocycles. The molecule has 0 bridgehead atoms. The van der Waals surface area contributed by atoms with E-state index < -0.39 is 0 Å². The van der Waals surface area contributed by atoms with Gasteiger partial charge in [0.15, 0.2) is 0 Å². The number of benzene rings is 2. The Balaban J connectivity index is 1.78. The summed E-state index contributed by atoms with van der Waals surface area (Å²) in [4.78, 5) is 0. The molecular weight excluding hydrogens is 262 g/mol. The molecule has 3 rings (SSSR count). The van der Waals surface area contributed by atoms with Crippen LogP contribution in [0.2, 0.25) is 0 Å². The standard InChI is InChI=1S/C18H23NO2/c1-21-18-10-9-13(16-7-2-3-8-17(16)18)12-19-14-5-4-6-15(20)11-14/h2-3,7-10,14-15,19-20H,4-6,11-12H2,1H3. The lowest BCUT2D eigenvalue weighted by Gasteiger charge is -2.27. The molecule has 3 nitrogen and oxygen atoms in total. The minimum Gasteiger partial charge on any atom is -0.496 e. The van der Waals surface area contributed by atoms with Crippen molar-refractivity contribution in [3.8, 4) is 5.75 Å². The summed E-state index contributed by atoms with van der Waals surface area (Å²) in [5, 5.41) is 15.7. The van der Waals surface area contributed by atoms with E-state index in [1.54, 1.807) is 7.11 Å². The van der Waals surface area contributed by atoms with Gasteiger partial charge in [-0.25, -0.2) is 0 Å². The second-order valence-electron chi connectivity index (χ2n) is 5.87. The number of aliphatic hydroxyl groups excluding tert-OH is 1. The van der Waals surface area contributed by atoms with E-state index in [1.165, 1.54) is 10.9 Å². The third-order valence-corrected chi connectivity index (χ3v) is 4.42. The van der Waals surface area contributed by atoms with Gasteiger partial charge in [0.1, 0.15) is 5.75 Å². The van der Waals surface area contributed by atoms with Gasteiger partial charge in [0, 0.05) is 18.0 Å². The van der Waals surface area contributed by atoms with Crippen LogP contribution < -0.4 is 10.1 Å². The molecule has 0 aromatic heterocycles. The minimum absolute atomic E-state index is 0.135. The molecule has 1 aliphatic carbocycles. The first-order chi connectivity index (χ1) is 10.3. The summed E-state index contributed by atoms with van der Waals surface area (Å²) in [6.07, 6.45) is 3.95. The first kappa shape index (κ1) is 14.4. The zero-order valence-electron chi connectivity index (χ0n) is 12.5. The normalized spacial score (nSPS) is 22.4. The number of aliphatic hydroxyl groups is 1. The van der Waals surface area contributed by atoms with Gasteiger partial charge < -0.3 is 15.2 Å². The average Bonchev–Trinajstić information content (AvgIpc) is 2.52. The van der Waals surface area contributed by atoms with Gasteiger partial charge in [0.2, 0.25) is 0 Å². The van der Waals surface area contributed by atoms with Crippen molar-refractivity contribution in [2.45, 2.75) is 44.4 Å². The Hall–Kier alpha value is -1.58. The first-order valence-electron chi connectivity index (χ1n) is 7.74. The number of nitrogens with one attached hydrogen (secondary N) is 1. The predicted molar refractivity (Wildman–Crippen MR) is 85.6 cm³/mol. The molecule has 0 heterocycles. The molecular formula is C18H23NO2. The molecule has 1 fully saturated rings. The van der Waals surface area contributed by atoms with Crippen LogP contribution in [0.15, 0.2) is 36.4 Å². The summed E-state index contributed by atoms with van der Waals surface area (Å²) >= 11 is 0. The van der Waals surface area contributed by atoms with Crippen LogP contribution in [0.3, 0.4) is 0 Å². The molecule has 2 atom stereocenters. The van der Waals surface area contributed by atoms with E-state index in [-0.39, 0.29) is 6.10 Å². The Morgan fingerprint density at radius 2 is 1.95 bits per heavy atom. The second-order valence-corrected chi connectivity index (χ2v) is 5.87. The third-order valence-electron chi connectivity index (χ3n) is 4.42. The molecule has 2 N–H and O–H groups in total. The van der Waals surface area contributed by atoms with Crippen molar-refractivity contribution in [1.82, 2.24) is 5.32 Å². The van der Waals surface area contributed by atoms with Crippen LogP contribution in [0.4, 0.5) is 0 Å². The SMILES string of the molecule is COc1ccc(CNC2CCCC(O)C2)c2ccccc12. The Labute approximate surface area is 125 Å². The summed E-state index contributed by atoms with van der Waals surface area (Å²) < 4.78 is 5.44. The summed E-state index contributed by atoms with van der Waals surface area (Å²) in [5.41, 5.74) is 1.28. The van der Waals surface area contributed by atoms with Crippen LogP contribution in [0, 0.1) is 0 Å². The van der Waals surface area contributed by atoms with E-state index in [4.69, 9.17) is 4.74 Å². The zero-order valence-corrected chi connectivity index (χ0v) is 12.5. The van der Waals surface area contributed by atoms with Crippen molar-refractivity contribution in [1.29, 1.82) is 0 Å². The molecule has 3 heteroatoms. The van der Waals surface area contributed by atoms with E-state index in [2.05, 4.69) is 29.6 Å². The van der Waals surface area contributed by atoms with E-state index in [9.17, 15) is 5.11 Å². The summed E-state index contributed by atoms with van der Waals surface area (Å²) in [6, 6.07) is 12.9. The molecule has 21 heavy (non-hydrogen) atoms. The maximum Gasteiger partial charge on any atom is 0.126 e. The van der Waals surface area contributed by atoms with Gasteiger partial charge in [-0.1, -0.05) is 30.3 Å². The second kappa shape index (κ2) is 6.46. The van der Waals surface area contributed by atoms with Crippen molar-refractivity contribution >= 4 is 10.8 Å². The molecule has 1 aliphatic rings. The Morgan fingerprint density at radius 3 is 2.71 bits per heavy atom. The number of methoxy groups -OCH3 is 1. The quantitative estimate of drug-likeness (QED) is 0.906. The average molecular weight is 285 g/mol. The van der Waals surface area contributed by atoms with Crippen LogP contribution in [0.1, 0.15) is 31.2 Å². The smallest absolute Gasteiger partial charge is 0.126 e. The van der Waals surface area contributed by atoms with E-state index in [1.807, 2.05) is 12.1 Å². The van der Waals surface area contributed by atoms with Gasteiger partial charge in [-0.15, -0.1) is 0 Å². The number of fused-ring (bicyclic) bond motifs is 1. The molecule has 2 unspecified atom stereocenters. The van der Waals surface area contributed by atoms with E-state index in [0.717, 1.165) is 43.4 Å². The Bertz CT molecular complexity index is 611. The molecule has 0 radical (unpaired) electrons. The van der Waals surface area contributed by atoms with Crippen molar-refractivity contribution in [3.63, 3.8) is 0 Å². The monoisotopic (exact) mass is 285 g/mol. The summed E-state index contributed by atoms with van der Waals surface area (Å²) in [5.74, 6) is 0.919. The molecule has 0 spiro atoms. The summed E-state index contributed by atoms with van der Waals surface area (Å²) in [7, 11) is 1.71. The van der Waals surface area contributed by atoms with Gasteiger partial charge >= 0.3 is 0 Å². The molecule has 112 valence electrons. The maximum absolute atomic E-state index is 9.76. The van der Waals surface area contributed by atoms with Crippen LogP contribution in [0.5, 0.6) is 5.75 Å². The van der Waals surface area contributed by atoms with Crippen LogP contribution in [-0.2, 0) is 6.54 Å². The van der Waals surface area contributed by atoms with Crippen molar-refractivity contribution in [2.75, 3.05) is 7.11 Å². The lowest BCUT2D eigenvalue weighted by Crippen LogP contribution is -2.35. The van der Waals surface area contributed by atoms with Gasteiger partial charge in [-0.2, -0.15) is 0 Å². The summed E-state index contributed by atoms with van der Waals surface area (Å²) in [6.45, 7) is 0.835. The molecule has 2 aromatic rings. The molecule has 0 saturated heterocycles. The highest BCUT2D eigenvalue weighted by molar-refractivity contribution is 5.91. The topological polar surface area (TPSA) is 41.5 Å². The molecule has 0 amide bonds. The predicted octanol–water partition coefficient (Wildman–Crippen LogP) is 3.24. The molecule has 1 saturated carbocycles. The highest BCUT2D eigenvalue weighted by atomic mass is 16.5. The number of ether oxygens (including phenoxy) is 1. The van der Waals surface area contributed by atoms with Crippen LogP contribution in [-0.4, -0.2) is 24.4 Å². The minimum atomic E-state index is -0.135. The first-order valence-corrected chi connectivity index (χ1v) is 7.74. The fourth-order valence-electron chi connectivity index (χ4n) is 3.27. The number of hydrogen-bond donors (Lipinski definition) is 2. The highest BCUT2D eigenvalue weighted by Gasteiger charge is 2.19. The van der Waals surface area contributed by atoms with Crippen LogP contribution >= 0.6 is 0 Å². The van der Waals surface area contributed by atoms with E-state index in [0.29, 0.717) is 6.04 Å². The zero-order chi connectivity index (χ0) is 14.7. The fraction of sp³-hybridized carbons (Fsp3) is 0.444. The largest absolute Gasteiger partial charge is 0.496 e. The van der Waals surface area contributed by atoms with Gasteiger partial charge in [0.05, 0.1) is 13.2 Å². The van der Waals surface area contributed by atoms with Gasteiger partial charge in [-0.3, -0.25) is 0 Å².